The van der Waals surface area contributed by atoms with E-state index in [4.69, 9.17) is 27.9 Å². The Kier molecular flexibility index (Phi) is 4.15. The minimum atomic E-state index is 0.393. The van der Waals surface area contributed by atoms with Crippen molar-refractivity contribution in [2.24, 2.45) is 7.05 Å². The second kappa shape index (κ2) is 5.63. The summed E-state index contributed by atoms with van der Waals surface area (Å²) >= 11 is 12.0. The van der Waals surface area contributed by atoms with Crippen molar-refractivity contribution in [3.63, 3.8) is 0 Å². The van der Waals surface area contributed by atoms with E-state index in [0.717, 1.165) is 23.6 Å². The molecule has 1 aromatic heterocycles. The summed E-state index contributed by atoms with van der Waals surface area (Å²) < 4.78 is 7.42. The Morgan fingerprint density at radius 3 is 2.44 bits per heavy atom. The van der Waals surface area contributed by atoms with Gasteiger partial charge in [-0.1, -0.05) is 30.1 Å². The van der Waals surface area contributed by atoms with E-state index in [1.807, 2.05) is 26.1 Å². The van der Waals surface area contributed by atoms with E-state index >= 15 is 0 Å². The van der Waals surface area contributed by atoms with E-state index in [0.29, 0.717) is 16.7 Å². The number of halogens is 2. The quantitative estimate of drug-likeness (QED) is 0.852. The highest BCUT2D eigenvalue weighted by Gasteiger charge is 2.13. The highest BCUT2D eigenvalue weighted by Crippen LogP contribution is 2.23. The van der Waals surface area contributed by atoms with E-state index in [1.165, 1.54) is 0 Å². The lowest BCUT2D eigenvalue weighted by atomic mass is 10.3. The monoisotopic (exact) mass is 284 g/mol. The fourth-order valence-corrected chi connectivity index (χ4v) is 2.13. The maximum atomic E-state index is 6.24. The fourth-order valence-electron chi connectivity index (χ4n) is 1.66. The summed E-state index contributed by atoms with van der Waals surface area (Å²) in [5, 5.41) is 5.72. The average molecular weight is 285 g/mol. The van der Waals surface area contributed by atoms with Crippen molar-refractivity contribution in [1.29, 1.82) is 0 Å². The van der Waals surface area contributed by atoms with Gasteiger partial charge in [0.25, 0.3) is 0 Å². The lowest BCUT2D eigenvalue weighted by Crippen LogP contribution is -2.03. The molecule has 3 nitrogen and oxygen atoms in total. The Morgan fingerprint density at radius 1 is 1.22 bits per heavy atom. The number of benzene rings is 1. The van der Waals surface area contributed by atoms with Crippen molar-refractivity contribution >= 4 is 23.2 Å². The second-order valence-electron chi connectivity index (χ2n) is 3.93. The lowest BCUT2D eigenvalue weighted by molar-refractivity contribution is 0.295. The Morgan fingerprint density at radius 2 is 1.89 bits per heavy atom. The topological polar surface area (TPSA) is 27.1 Å². The third-order valence-electron chi connectivity index (χ3n) is 2.69. The number of ether oxygens (including phenoxy) is 1. The Hall–Kier alpha value is -1.19. The number of aromatic nitrogens is 2. The molecule has 0 radical (unpaired) electrons. The molecule has 0 spiro atoms. The second-order valence-corrected chi connectivity index (χ2v) is 4.74. The molecule has 0 aliphatic rings. The molecule has 2 rings (SSSR count). The zero-order valence-corrected chi connectivity index (χ0v) is 11.8. The van der Waals surface area contributed by atoms with Crippen molar-refractivity contribution in [3.8, 4) is 5.75 Å². The van der Waals surface area contributed by atoms with Crippen LogP contribution in [0.5, 0.6) is 5.75 Å². The van der Waals surface area contributed by atoms with Gasteiger partial charge in [-0.3, -0.25) is 4.68 Å². The third kappa shape index (κ3) is 2.79. The van der Waals surface area contributed by atoms with Crippen LogP contribution in [0.15, 0.2) is 24.3 Å². The molecule has 0 N–H and O–H groups in total. The molecule has 0 saturated carbocycles. The summed E-state index contributed by atoms with van der Waals surface area (Å²) in [5.41, 5.74) is 1.78. The van der Waals surface area contributed by atoms with Crippen LogP contribution < -0.4 is 4.74 Å². The molecular weight excluding hydrogens is 271 g/mol. The van der Waals surface area contributed by atoms with Crippen molar-refractivity contribution < 1.29 is 4.74 Å². The molecule has 0 amide bonds. The molecule has 1 heterocycles. The van der Waals surface area contributed by atoms with Gasteiger partial charge in [-0.05, 0) is 30.7 Å². The third-order valence-corrected chi connectivity index (χ3v) is 3.38. The maximum absolute atomic E-state index is 6.24. The van der Waals surface area contributed by atoms with Gasteiger partial charge < -0.3 is 4.74 Å². The smallest absolute Gasteiger partial charge is 0.131 e. The van der Waals surface area contributed by atoms with Crippen LogP contribution in [0.25, 0.3) is 0 Å². The van der Waals surface area contributed by atoms with Crippen LogP contribution in [0.1, 0.15) is 18.3 Å². The largest absolute Gasteiger partial charge is 0.487 e. The highest BCUT2D eigenvalue weighted by atomic mass is 35.5. The molecule has 0 saturated heterocycles. The lowest BCUT2D eigenvalue weighted by Gasteiger charge is -2.06. The van der Waals surface area contributed by atoms with Gasteiger partial charge in [0.2, 0.25) is 0 Å². The van der Waals surface area contributed by atoms with E-state index in [1.54, 1.807) is 16.8 Å². The summed E-state index contributed by atoms with van der Waals surface area (Å²) in [5.74, 6) is 0.759. The molecule has 0 bridgehead atoms. The van der Waals surface area contributed by atoms with Crippen LogP contribution in [0.3, 0.4) is 0 Å². The number of nitrogens with zero attached hydrogens (tertiary/aromatic N) is 2. The Bertz CT molecular complexity index is 535. The molecule has 0 fully saturated rings. The SMILES string of the molecule is CCc1nn(C)c(COc2ccc(Cl)cc2)c1Cl. The summed E-state index contributed by atoms with van der Waals surface area (Å²) in [6.45, 7) is 2.42. The first kappa shape index (κ1) is 13.2. The normalized spacial score (nSPS) is 10.7. The van der Waals surface area contributed by atoms with Crippen molar-refractivity contribution in [1.82, 2.24) is 9.78 Å². The van der Waals surface area contributed by atoms with Crippen LogP contribution in [-0.2, 0) is 20.1 Å². The zero-order valence-electron chi connectivity index (χ0n) is 10.3. The van der Waals surface area contributed by atoms with Crippen LogP contribution in [0.2, 0.25) is 10.0 Å². The van der Waals surface area contributed by atoms with Gasteiger partial charge in [0.15, 0.2) is 0 Å². The summed E-state index contributed by atoms with van der Waals surface area (Å²) in [6, 6.07) is 7.24. The zero-order chi connectivity index (χ0) is 13.1. The Labute approximate surface area is 116 Å². The molecule has 2 aromatic rings. The summed E-state index contributed by atoms with van der Waals surface area (Å²) in [7, 11) is 1.87. The highest BCUT2D eigenvalue weighted by molar-refractivity contribution is 6.32. The van der Waals surface area contributed by atoms with E-state index in [2.05, 4.69) is 5.10 Å². The molecule has 96 valence electrons. The van der Waals surface area contributed by atoms with Crippen molar-refractivity contribution in [2.75, 3.05) is 0 Å². The van der Waals surface area contributed by atoms with Gasteiger partial charge in [-0.2, -0.15) is 5.10 Å². The van der Waals surface area contributed by atoms with Gasteiger partial charge >= 0.3 is 0 Å². The van der Waals surface area contributed by atoms with Gasteiger partial charge in [0, 0.05) is 12.1 Å². The minimum Gasteiger partial charge on any atom is -0.487 e. The molecule has 0 aliphatic carbocycles. The summed E-state index contributed by atoms with van der Waals surface area (Å²) in [4.78, 5) is 0. The van der Waals surface area contributed by atoms with Gasteiger partial charge in [-0.25, -0.2) is 0 Å². The first-order valence-corrected chi connectivity index (χ1v) is 6.46. The van der Waals surface area contributed by atoms with Crippen LogP contribution in [0.4, 0.5) is 0 Å². The summed E-state index contributed by atoms with van der Waals surface area (Å²) in [6.07, 6.45) is 0.813. The van der Waals surface area contributed by atoms with Gasteiger partial charge in [0.1, 0.15) is 12.4 Å². The maximum Gasteiger partial charge on any atom is 0.131 e. The molecule has 0 atom stereocenters. The van der Waals surface area contributed by atoms with Gasteiger partial charge in [0.05, 0.1) is 16.4 Å². The van der Waals surface area contributed by atoms with Crippen LogP contribution in [-0.4, -0.2) is 9.78 Å². The minimum absolute atomic E-state index is 0.393. The number of hydrogen-bond acceptors (Lipinski definition) is 2. The number of rotatable bonds is 4. The van der Waals surface area contributed by atoms with E-state index in [9.17, 15) is 0 Å². The predicted octanol–water partition coefficient (Wildman–Crippen LogP) is 3.87. The molecule has 18 heavy (non-hydrogen) atoms. The van der Waals surface area contributed by atoms with Crippen LogP contribution >= 0.6 is 23.2 Å². The fraction of sp³-hybridized carbons (Fsp3) is 0.308. The molecule has 0 aliphatic heterocycles. The van der Waals surface area contributed by atoms with E-state index in [-0.39, 0.29) is 0 Å². The predicted molar refractivity (Wildman–Crippen MR) is 73.4 cm³/mol. The van der Waals surface area contributed by atoms with Crippen LogP contribution in [0, 0.1) is 0 Å². The number of aryl methyl sites for hydroxylation is 2. The molecule has 1 aromatic carbocycles. The van der Waals surface area contributed by atoms with Gasteiger partial charge in [-0.15, -0.1) is 0 Å². The molecular formula is C13H14Cl2N2O. The molecule has 5 heteroatoms. The number of hydrogen-bond donors (Lipinski definition) is 0. The standard InChI is InChI=1S/C13H14Cl2N2O/c1-3-11-13(15)12(17(2)16-11)8-18-10-6-4-9(14)5-7-10/h4-7H,3,8H2,1-2H3. The Balaban J connectivity index is 2.10. The van der Waals surface area contributed by atoms with Crippen molar-refractivity contribution in [2.45, 2.75) is 20.0 Å². The molecule has 0 unspecified atom stereocenters. The first-order chi connectivity index (χ1) is 8.61. The average Bonchev–Trinajstić information content (AvgIpc) is 2.64. The van der Waals surface area contributed by atoms with Crippen molar-refractivity contribution in [3.05, 3.63) is 45.7 Å². The van der Waals surface area contributed by atoms with E-state index < -0.39 is 0 Å². The first-order valence-electron chi connectivity index (χ1n) is 5.70.